The number of benzene rings is 1. The van der Waals surface area contributed by atoms with Crippen LogP contribution in [0.25, 0.3) is 0 Å². The third-order valence-corrected chi connectivity index (χ3v) is 6.34. The molecule has 0 aliphatic carbocycles. The summed E-state index contributed by atoms with van der Waals surface area (Å²) in [5.74, 6) is 0.864. The van der Waals surface area contributed by atoms with Crippen LogP contribution in [-0.4, -0.2) is 38.0 Å². The average molecular weight is 385 g/mol. The molecule has 1 aliphatic heterocycles. The normalized spacial score (nSPS) is 15.5. The van der Waals surface area contributed by atoms with Crippen molar-refractivity contribution in [3.63, 3.8) is 0 Å². The van der Waals surface area contributed by atoms with Crippen LogP contribution in [0.1, 0.15) is 31.0 Å². The molecular formula is C19H23N5O2S. The Hall–Kier alpha value is -2.50. The van der Waals surface area contributed by atoms with E-state index >= 15 is 0 Å². The molecule has 0 radical (unpaired) electrons. The van der Waals surface area contributed by atoms with Crippen molar-refractivity contribution in [2.45, 2.75) is 31.1 Å². The molecule has 8 heteroatoms. The highest BCUT2D eigenvalue weighted by Gasteiger charge is 2.24. The van der Waals surface area contributed by atoms with Crippen LogP contribution in [0.15, 0.2) is 41.6 Å². The summed E-state index contributed by atoms with van der Waals surface area (Å²) in [4.78, 5) is 10.7. The van der Waals surface area contributed by atoms with Crippen molar-refractivity contribution in [2.24, 2.45) is 5.92 Å². The molecule has 0 atom stereocenters. The van der Waals surface area contributed by atoms with Crippen molar-refractivity contribution in [2.75, 3.05) is 24.5 Å². The fourth-order valence-electron chi connectivity index (χ4n) is 3.21. The summed E-state index contributed by atoms with van der Waals surface area (Å²) >= 11 is 0. The smallest absolute Gasteiger partial charge is 0.240 e. The molecule has 7 nitrogen and oxygen atoms in total. The minimum Gasteiger partial charge on any atom is -0.354 e. The lowest BCUT2D eigenvalue weighted by Gasteiger charge is -2.32. The van der Waals surface area contributed by atoms with E-state index in [0.29, 0.717) is 23.0 Å². The largest absolute Gasteiger partial charge is 0.354 e. The molecular weight excluding hydrogens is 362 g/mol. The zero-order chi connectivity index (χ0) is 19.3. The van der Waals surface area contributed by atoms with E-state index in [-0.39, 0.29) is 5.92 Å². The highest BCUT2D eigenvalue weighted by atomic mass is 32.2. The predicted octanol–water partition coefficient (Wildman–Crippen LogP) is 2.11. The molecule has 0 bridgehead atoms. The zero-order valence-electron chi connectivity index (χ0n) is 15.3. The van der Waals surface area contributed by atoms with Crippen molar-refractivity contribution in [3.8, 4) is 6.07 Å². The van der Waals surface area contributed by atoms with E-state index in [9.17, 15) is 8.42 Å². The predicted molar refractivity (Wildman–Crippen MR) is 103 cm³/mol. The van der Waals surface area contributed by atoms with Gasteiger partial charge in [0.25, 0.3) is 0 Å². The summed E-state index contributed by atoms with van der Waals surface area (Å²) in [7, 11) is -3.49. The van der Waals surface area contributed by atoms with Crippen LogP contribution in [0.3, 0.4) is 0 Å². The number of aryl methyl sites for hydroxylation is 1. The van der Waals surface area contributed by atoms with Crippen LogP contribution in [-0.2, 0) is 16.4 Å². The minimum atomic E-state index is -3.49. The van der Waals surface area contributed by atoms with Gasteiger partial charge in [-0.05, 0) is 42.9 Å². The van der Waals surface area contributed by atoms with E-state index in [1.807, 2.05) is 24.0 Å². The standard InChI is InChI=1S/C19H23N5O2S/c1-2-15-3-5-17(6-4-15)27(25,26)23-14-16-7-11-24(12-8-16)19-18(13-20)21-9-10-22-19/h3-6,9-10,16,23H,2,7-8,11-12,14H2,1H3. The lowest BCUT2D eigenvalue weighted by atomic mass is 9.97. The maximum atomic E-state index is 12.5. The first kappa shape index (κ1) is 19.3. The molecule has 1 N–H and O–H groups in total. The first-order chi connectivity index (χ1) is 13.0. The Labute approximate surface area is 160 Å². The first-order valence-electron chi connectivity index (χ1n) is 9.08. The van der Waals surface area contributed by atoms with Crippen LogP contribution < -0.4 is 9.62 Å². The number of hydrogen-bond acceptors (Lipinski definition) is 6. The minimum absolute atomic E-state index is 0.258. The summed E-state index contributed by atoms with van der Waals surface area (Å²) in [6.45, 7) is 3.90. The number of sulfonamides is 1. The topological polar surface area (TPSA) is 99.0 Å². The van der Waals surface area contributed by atoms with Crippen LogP contribution in [0.5, 0.6) is 0 Å². The molecule has 2 heterocycles. The van der Waals surface area contributed by atoms with Gasteiger partial charge in [0.05, 0.1) is 4.90 Å². The molecule has 1 fully saturated rings. The summed E-state index contributed by atoms with van der Waals surface area (Å²) < 4.78 is 27.7. The average Bonchev–Trinajstić information content (AvgIpc) is 2.72. The van der Waals surface area contributed by atoms with Crippen molar-refractivity contribution in [3.05, 3.63) is 47.9 Å². The lowest BCUT2D eigenvalue weighted by Crippen LogP contribution is -2.39. The van der Waals surface area contributed by atoms with E-state index in [2.05, 4.69) is 20.8 Å². The number of anilines is 1. The fourth-order valence-corrected chi connectivity index (χ4v) is 4.32. The van der Waals surface area contributed by atoms with Gasteiger partial charge in [-0.25, -0.2) is 23.1 Å². The quantitative estimate of drug-likeness (QED) is 0.818. The second kappa shape index (κ2) is 8.46. The van der Waals surface area contributed by atoms with Gasteiger partial charge in [0.1, 0.15) is 6.07 Å². The number of rotatable bonds is 6. The van der Waals surface area contributed by atoms with Crippen molar-refractivity contribution < 1.29 is 8.42 Å². The summed E-state index contributed by atoms with van der Waals surface area (Å²) in [5, 5.41) is 9.16. The van der Waals surface area contributed by atoms with E-state index in [0.717, 1.165) is 37.9 Å². The van der Waals surface area contributed by atoms with E-state index < -0.39 is 10.0 Å². The molecule has 27 heavy (non-hydrogen) atoms. The monoisotopic (exact) mass is 385 g/mol. The van der Waals surface area contributed by atoms with Gasteiger partial charge in [-0.1, -0.05) is 19.1 Å². The third kappa shape index (κ3) is 4.62. The first-order valence-corrected chi connectivity index (χ1v) is 10.6. The summed E-state index contributed by atoms with van der Waals surface area (Å²) in [6.07, 6.45) is 5.64. The van der Waals surface area contributed by atoms with Crippen LogP contribution in [0.2, 0.25) is 0 Å². The number of nitrogens with one attached hydrogen (secondary N) is 1. The van der Waals surface area contributed by atoms with Gasteiger partial charge in [0.2, 0.25) is 10.0 Å². The molecule has 1 aromatic carbocycles. The van der Waals surface area contributed by atoms with Crippen molar-refractivity contribution in [1.29, 1.82) is 5.26 Å². The Balaban J connectivity index is 1.55. The SMILES string of the molecule is CCc1ccc(S(=O)(=O)NCC2CCN(c3nccnc3C#N)CC2)cc1. The fraction of sp³-hybridized carbons (Fsp3) is 0.421. The van der Waals surface area contributed by atoms with Crippen molar-refractivity contribution in [1.82, 2.24) is 14.7 Å². The van der Waals surface area contributed by atoms with Gasteiger partial charge in [-0.15, -0.1) is 0 Å². The van der Waals surface area contributed by atoms with Crippen LogP contribution >= 0.6 is 0 Å². The number of nitrogens with zero attached hydrogens (tertiary/aromatic N) is 4. The van der Waals surface area contributed by atoms with Crippen molar-refractivity contribution >= 4 is 15.8 Å². The molecule has 1 saturated heterocycles. The Bertz CT molecular complexity index is 914. The zero-order valence-corrected chi connectivity index (χ0v) is 16.1. The van der Waals surface area contributed by atoms with Gasteiger partial charge >= 0.3 is 0 Å². The highest BCUT2D eigenvalue weighted by molar-refractivity contribution is 7.89. The highest BCUT2D eigenvalue weighted by Crippen LogP contribution is 2.23. The van der Waals surface area contributed by atoms with Gasteiger partial charge < -0.3 is 4.90 Å². The summed E-state index contributed by atoms with van der Waals surface area (Å²) in [6, 6.07) is 9.07. The van der Waals surface area contributed by atoms with E-state index in [1.165, 1.54) is 6.20 Å². The second-order valence-corrected chi connectivity index (χ2v) is 8.39. The maximum absolute atomic E-state index is 12.5. The maximum Gasteiger partial charge on any atom is 0.240 e. The van der Waals surface area contributed by atoms with Gasteiger partial charge in [-0.3, -0.25) is 0 Å². The molecule has 0 unspecified atom stereocenters. The Morgan fingerprint density at radius 3 is 2.48 bits per heavy atom. The molecule has 0 amide bonds. The second-order valence-electron chi connectivity index (χ2n) is 6.62. The Morgan fingerprint density at radius 2 is 1.85 bits per heavy atom. The molecule has 1 aromatic heterocycles. The van der Waals surface area contributed by atoms with Gasteiger partial charge in [0, 0.05) is 32.0 Å². The summed E-state index contributed by atoms with van der Waals surface area (Å²) in [5.41, 5.74) is 1.44. The molecule has 2 aromatic rings. The van der Waals surface area contributed by atoms with Crippen LogP contribution in [0, 0.1) is 17.2 Å². The van der Waals surface area contributed by atoms with Gasteiger partial charge in [-0.2, -0.15) is 5.26 Å². The Kier molecular flexibility index (Phi) is 6.04. The molecule has 1 aliphatic rings. The molecule has 142 valence electrons. The molecule has 3 rings (SSSR count). The molecule has 0 saturated carbocycles. The molecule has 0 spiro atoms. The number of aromatic nitrogens is 2. The third-order valence-electron chi connectivity index (χ3n) is 4.90. The van der Waals surface area contributed by atoms with E-state index in [1.54, 1.807) is 18.3 Å². The lowest BCUT2D eigenvalue weighted by molar-refractivity contribution is 0.400. The Morgan fingerprint density at radius 1 is 1.19 bits per heavy atom. The number of nitriles is 1. The number of piperidine rings is 1. The van der Waals surface area contributed by atoms with Gasteiger partial charge in [0.15, 0.2) is 11.5 Å². The number of hydrogen-bond donors (Lipinski definition) is 1. The van der Waals surface area contributed by atoms with E-state index in [4.69, 9.17) is 5.26 Å². The van der Waals surface area contributed by atoms with Crippen LogP contribution in [0.4, 0.5) is 5.82 Å².